The van der Waals surface area contributed by atoms with Gasteiger partial charge in [-0.05, 0) is 30.5 Å². The molecule has 1 heterocycles. The number of rotatable bonds is 4. The van der Waals surface area contributed by atoms with E-state index in [1.165, 1.54) is 0 Å². The second kappa shape index (κ2) is 6.05. The zero-order chi connectivity index (χ0) is 13.9. The lowest BCUT2D eigenvalue weighted by Gasteiger charge is -2.10. The molecule has 0 bridgehead atoms. The van der Waals surface area contributed by atoms with Crippen molar-refractivity contribution in [2.75, 3.05) is 11.5 Å². The summed E-state index contributed by atoms with van der Waals surface area (Å²) in [7, 11) is -2.93. The topological polar surface area (TPSA) is 63.2 Å². The molecular formula is C13H16BrNO3S. The Morgan fingerprint density at radius 1 is 1.42 bits per heavy atom. The molecular weight excluding hydrogens is 330 g/mol. The predicted octanol–water partition coefficient (Wildman–Crippen LogP) is 1.69. The van der Waals surface area contributed by atoms with Gasteiger partial charge in [0, 0.05) is 16.9 Å². The van der Waals surface area contributed by atoms with Crippen LogP contribution in [0.2, 0.25) is 0 Å². The maximum absolute atomic E-state index is 11.8. The van der Waals surface area contributed by atoms with E-state index in [2.05, 4.69) is 21.2 Å². The number of benzene rings is 1. The lowest BCUT2D eigenvalue weighted by molar-refractivity contribution is -0.121. The van der Waals surface area contributed by atoms with Crippen LogP contribution in [0.5, 0.6) is 0 Å². The Hall–Kier alpha value is -0.880. The van der Waals surface area contributed by atoms with Gasteiger partial charge in [0.25, 0.3) is 0 Å². The number of carbonyl (C=O) groups excluding carboxylic acids is 1. The molecule has 0 saturated carbocycles. The van der Waals surface area contributed by atoms with Crippen molar-refractivity contribution in [1.29, 1.82) is 0 Å². The van der Waals surface area contributed by atoms with Crippen LogP contribution in [0.25, 0.3) is 0 Å². The van der Waals surface area contributed by atoms with Crippen LogP contribution in [0, 0.1) is 0 Å². The minimum absolute atomic E-state index is 0.0790. The van der Waals surface area contributed by atoms with E-state index < -0.39 is 9.84 Å². The van der Waals surface area contributed by atoms with E-state index in [1.807, 2.05) is 24.3 Å². The molecule has 1 aliphatic rings. The van der Waals surface area contributed by atoms with Crippen molar-refractivity contribution in [1.82, 2.24) is 5.32 Å². The molecule has 1 aromatic carbocycles. The summed E-state index contributed by atoms with van der Waals surface area (Å²) in [4.78, 5) is 11.8. The van der Waals surface area contributed by atoms with Crippen molar-refractivity contribution in [2.24, 2.45) is 0 Å². The molecule has 1 atom stereocenters. The van der Waals surface area contributed by atoms with Crippen molar-refractivity contribution in [2.45, 2.75) is 25.3 Å². The number of hydrogen-bond donors (Lipinski definition) is 1. The van der Waals surface area contributed by atoms with E-state index in [1.54, 1.807) is 0 Å². The van der Waals surface area contributed by atoms with Crippen LogP contribution in [0.1, 0.15) is 18.4 Å². The summed E-state index contributed by atoms with van der Waals surface area (Å²) in [6.07, 6.45) is 1.57. The number of carbonyl (C=O) groups is 1. The molecule has 1 aromatic rings. The van der Waals surface area contributed by atoms with Crippen LogP contribution >= 0.6 is 15.9 Å². The first-order valence-electron chi connectivity index (χ1n) is 6.19. The molecule has 1 saturated heterocycles. The van der Waals surface area contributed by atoms with Gasteiger partial charge in [0.2, 0.25) is 5.91 Å². The zero-order valence-electron chi connectivity index (χ0n) is 10.4. The molecule has 1 aliphatic heterocycles. The van der Waals surface area contributed by atoms with Gasteiger partial charge in [-0.3, -0.25) is 4.79 Å². The smallest absolute Gasteiger partial charge is 0.220 e. The number of hydrogen-bond acceptors (Lipinski definition) is 3. The lowest BCUT2D eigenvalue weighted by Crippen LogP contribution is -2.35. The Bertz CT molecular complexity index is 571. The molecule has 6 heteroatoms. The highest BCUT2D eigenvalue weighted by Crippen LogP contribution is 2.14. The lowest BCUT2D eigenvalue weighted by atomic mass is 10.1. The van der Waals surface area contributed by atoms with Crippen LogP contribution in [0.15, 0.2) is 28.7 Å². The highest BCUT2D eigenvalue weighted by atomic mass is 79.9. The fraction of sp³-hybridized carbons (Fsp3) is 0.462. The standard InChI is InChI=1S/C13H16BrNO3S/c14-11-3-1-2-10(8-11)4-5-13(16)15-12-6-7-19(17,18)9-12/h1-3,8,12H,4-7,9H2,(H,15,16). The summed E-state index contributed by atoms with van der Waals surface area (Å²) in [5, 5.41) is 2.79. The van der Waals surface area contributed by atoms with Crippen molar-refractivity contribution in [3.05, 3.63) is 34.3 Å². The maximum atomic E-state index is 11.8. The highest BCUT2D eigenvalue weighted by Gasteiger charge is 2.28. The first-order valence-corrected chi connectivity index (χ1v) is 8.80. The van der Waals surface area contributed by atoms with Crippen LogP contribution in [-0.2, 0) is 21.1 Å². The molecule has 0 radical (unpaired) electrons. The largest absolute Gasteiger partial charge is 0.352 e. The fourth-order valence-corrected chi connectivity index (χ4v) is 4.28. The summed E-state index contributed by atoms with van der Waals surface area (Å²) in [5.74, 6) is 0.182. The van der Waals surface area contributed by atoms with Gasteiger partial charge in [0.15, 0.2) is 9.84 Å². The Morgan fingerprint density at radius 2 is 2.21 bits per heavy atom. The van der Waals surface area contributed by atoms with Gasteiger partial charge < -0.3 is 5.32 Å². The quantitative estimate of drug-likeness (QED) is 0.902. The normalized spacial score (nSPS) is 21.2. The van der Waals surface area contributed by atoms with Crippen LogP contribution in [0.4, 0.5) is 0 Å². The Kier molecular flexibility index (Phi) is 4.62. The monoisotopic (exact) mass is 345 g/mol. The van der Waals surface area contributed by atoms with Crippen LogP contribution < -0.4 is 5.32 Å². The molecule has 1 unspecified atom stereocenters. The molecule has 1 amide bonds. The molecule has 0 aliphatic carbocycles. The van der Waals surface area contributed by atoms with Gasteiger partial charge >= 0.3 is 0 Å². The van der Waals surface area contributed by atoms with Crippen LogP contribution in [0.3, 0.4) is 0 Å². The van der Waals surface area contributed by atoms with Gasteiger partial charge in [0.05, 0.1) is 11.5 Å². The maximum Gasteiger partial charge on any atom is 0.220 e. The fourth-order valence-electron chi connectivity index (χ4n) is 2.16. The molecule has 0 aromatic heterocycles. The summed E-state index contributed by atoms with van der Waals surface area (Å²) in [6, 6.07) is 7.61. The average molecular weight is 346 g/mol. The third-order valence-electron chi connectivity index (χ3n) is 3.13. The van der Waals surface area contributed by atoms with E-state index in [0.29, 0.717) is 19.3 Å². The van der Waals surface area contributed by atoms with Crippen molar-refractivity contribution < 1.29 is 13.2 Å². The Balaban J connectivity index is 1.79. The summed E-state index contributed by atoms with van der Waals surface area (Å²) in [6.45, 7) is 0. The third kappa shape index (κ3) is 4.62. The van der Waals surface area contributed by atoms with Crippen molar-refractivity contribution in [3.8, 4) is 0 Å². The molecule has 104 valence electrons. The van der Waals surface area contributed by atoms with Crippen LogP contribution in [-0.4, -0.2) is 31.9 Å². The van der Waals surface area contributed by atoms with E-state index in [9.17, 15) is 13.2 Å². The zero-order valence-corrected chi connectivity index (χ0v) is 12.8. The SMILES string of the molecule is O=C(CCc1cccc(Br)c1)NC1CCS(=O)(=O)C1. The molecule has 19 heavy (non-hydrogen) atoms. The van der Waals surface area contributed by atoms with Gasteiger partial charge in [-0.2, -0.15) is 0 Å². The third-order valence-corrected chi connectivity index (χ3v) is 5.39. The first-order chi connectivity index (χ1) is 8.94. The van der Waals surface area contributed by atoms with Crippen molar-refractivity contribution in [3.63, 3.8) is 0 Å². The number of halogens is 1. The summed E-state index contributed by atoms with van der Waals surface area (Å²) in [5.41, 5.74) is 1.09. The minimum atomic E-state index is -2.93. The van der Waals surface area contributed by atoms with E-state index in [-0.39, 0.29) is 23.5 Å². The van der Waals surface area contributed by atoms with Gasteiger partial charge in [-0.25, -0.2) is 8.42 Å². The van der Waals surface area contributed by atoms with Crippen molar-refractivity contribution >= 4 is 31.7 Å². The van der Waals surface area contributed by atoms with E-state index in [0.717, 1.165) is 10.0 Å². The second-order valence-electron chi connectivity index (χ2n) is 4.80. The molecule has 2 rings (SSSR count). The Labute approximate surface area is 121 Å². The Morgan fingerprint density at radius 3 is 2.84 bits per heavy atom. The molecule has 4 nitrogen and oxygen atoms in total. The molecule has 1 fully saturated rings. The number of nitrogens with one attached hydrogen (secondary N) is 1. The average Bonchev–Trinajstić information content (AvgIpc) is 2.66. The molecule has 1 N–H and O–H groups in total. The van der Waals surface area contributed by atoms with E-state index >= 15 is 0 Å². The number of sulfone groups is 1. The summed E-state index contributed by atoms with van der Waals surface area (Å²) < 4.78 is 23.6. The predicted molar refractivity (Wildman–Crippen MR) is 77.7 cm³/mol. The van der Waals surface area contributed by atoms with Gasteiger partial charge in [0.1, 0.15) is 0 Å². The second-order valence-corrected chi connectivity index (χ2v) is 7.94. The summed E-state index contributed by atoms with van der Waals surface area (Å²) >= 11 is 3.39. The minimum Gasteiger partial charge on any atom is -0.352 e. The van der Waals surface area contributed by atoms with E-state index in [4.69, 9.17) is 0 Å². The molecule has 0 spiro atoms. The number of aryl methyl sites for hydroxylation is 1. The van der Waals surface area contributed by atoms with Gasteiger partial charge in [-0.15, -0.1) is 0 Å². The number of amides is 1. The first kappa shape index (κ1) is 14.5. The highest BCUT2D eigenvalue weighted by molar-refractivity contribution is 9.10. The van der Waals surface area contributed by atoms with Gasteiger partial charge in [-0.1, -0.05) is 28.1 Å².